The normalized spacial score (nSPS) is 11.8. The zero-order valence-electron chi connectivity index (χ0n) is 16.5. The minimum Gasteiger partial charge on any atom is -0.456 e. The second-order valence-corrected chi connectivity index (χ2v) is 7.26. The number of nitrogens with zero attached hydrogens (tertiary/aromatic N) is 1. The van der Waals surface area contributed by atoms with Gasteiger partial charge in [0.05, 0.1) is 23.0 Å². The third-order valence-corrected chi connectivity index (χ3v) is 5.02. The Morgan fingerprint density at radius 3 is 2.45 bits per heavy atom. The molecular weight excluding hydrogens is 416 g/mol. The fourth-order valence-corrected chi connectivity index (χ4v) is 3.39. The lowest BCUT2D eigenvalue weighted by atomic mass is 10.0. The number of hydrogen-bond acceptors (Lipinski definition) is 5. The number of nitrogens with one attached hydrogen (secondary N) is 1. The van der Waals surface area contributed by atoms with Gasteiger partial charge >= 0.3 is 5.97 Å². The number of amides is 1. The Labute approximate surface area is 183 Å². The number of aromatic nitrogens is 1. The first-order chi connectivity index (χ1) is 15.1. The van der Waals surface area contributed by atoms with Crippen LogP contribution in [0.5, 0.6) is 0 Å². The summed E-state index contributed by atoms with van der Waals surface area (Å²) in [5.74, 6) is -0.548. The topological polar surface area (TPSA) is 81.4 Å². The SMILES string of the molecule is O=C(CC(NC(=O)c1ccccc1Cl)c1ccccc1)OCc1nc2ccccc2o1. The van der Waals surface area contributed by atoms with Crippen molar-refractivity contribution in [2.75, 3.05) is 0 Å². The monoisotopic (exact) mass is 434 g/mol. The van der Waals surface area contributed by atoms with Crippen LogP contribution in [0.3, 0.4) is 0 Å². The van der Waals surface area contributed by atoms with Crippen molar-refractivity contribution in [1.82, 2.24) is 10.3 Å². The molecule has 7 heteroatoms. The van der Waals surface area contributed by atoms with E-state index < -0.39 is 12.0 Å². The van der Waals surface area contributed by atoms with Crippen LogP contribution in [0, 0.1) is 0 Å². The maximum Gasteiger partial charge on any atom is 0.308 e. The van der Waals surface area contributed by atoms with Crippen LogP contribution in [0.25, 0.3) is 11.1 Å². The van der Waals surface area contributed by atoms with Gasteiger partial charge in [0.25, 0.3) is 5.91 Å². The molecule has 6 nitrogen and oxygen atoms in total. The van der Waals surface area contributed by atoms with Crippen molar-refractivity contribution in [2.24, 2.45) is 0 Å². The van der Waals surface area contributed by atoms with Gasteiger partial charge < -0.3 is 14.5 Å². The van der Waals surface area contributed by atoms with Gasteiger partial charge in [-0.15, -0.1) is 0 Å². The molecule has 0 aliphatic heterocycles. The van der Waals surface area contributed by atoms with Gasteiger partial charge in [0, 0.05) is 0 Å². The van der Waals surface area contributed by atoms with Crippen molar-refractivity contribution >= 4 is 34.6 Å². The molecule has 0 saturated heterocycles. The van der Waals surface area contributed by atoms with Gasteiger partial charge in [-0.2, -0.15) is 0 Å². The maximum atomic E-state index is 12.7. The Bertz CT molecular complexity index is 1170. The number of hydrogen-bond donors (Lipinski definition) is 1. The highest BCUT2D eigenvalue weighted by atomic mass is 35.5. The Hall–Kier alpha value is -3.64. The van der Waals surface area contributed by atoms with E-state index in [1.54, 1.807) is 30.3 Å². The van der Waals surface area contributed by atoms with Crippen LogP contribution < -0.4 is 5.32 Å². The lowest BCUT2D eigenvalue weighted by molar-refractivity contribution is -0.146. The van der Waals surface area contributed by atoms with Crippen molar-refractivity contribution in [2.45, 2.75) is 19.1 Å². The van der Waals surface area contributed by atoms with Crippen LogP contribution in [-0.4, -0.2) is 16.9 Å². The first-order valence-electron chi connectivity index (χ1n) is 9.70. The average Bonchev–Trinajstić information content (AvgIpc) is 3.21. The number of benzene rings is 3. The molecule has 0 fully saturated rings. The van der Waals surface area contributed by atoms with Gasteiger partial charge in [-0.25, -0.2) is 4.98 Å². The summed E-state index contributed by atoms with van der Waals surface area (Å²) < 4.78 is 10.9. The number of ether oxygens (including phenoxy) is 1. The number of para-hydroxylation sites is 2. The van der Waals surface area contributed by atoms with E-state index in [9.17, 15) is 9.59 Å². The predicted octanol–water partition coefficient (Wildman–Crippen LogP) is 5.09. The van der Waals surface area contributed by atoms with Crippen LogP contribution in [0.1, 0.15) is 34.3 Å². The summed E-state index contributed by atoms with van der Waals surface area (Å²) >= 11 is 6.14. The number of rotatable bonds is 7. The highest BCUT2D eigenvalue weighted by Gasteiger charge is 2.21. The lowest BCUT2D eigenvalue weighted by Crippen LogP contribution is -2.30. The van der Waals surface area contributed by atoms with E-state index in [0.29, 0.717) is 27.6 Å². The minimum absolute atomic E-state index is 0.0551. The van der Waals surface area contributed by atoms with Crippen LogP contribution in [0.15, 0.2) is 83.3 Å². The number of fused-ring (bicyclic) bond motifs is 1. The molecule has 0 aliphatic rings. The van der Waals surface area contributed by atoms with E-state index in [-0.39, 0.29) is 18.9 Å². The molecule has 1 aromatic heterocycles. The summed E-state index contributed by atoms with van der Waals surface area (Å²) in [4.78, 5) is 29.6. The van der Waals surface area contributed by atoms with Crippen molar-refractivity contribution in [3.05, 3.63) is 101 Å². The number of carbonyl (C=O) groups excluding carboxylic acids is 2. The van der Waals surface area contributed by atoms with Gasteiger partial charge in [0.1, 0.15) is 5.52 Å². The molecule has 3 aromatic carbocycles. The zero-order valence-corrected chi connectivity index (χ0v) is 17.2. The summed E-state index contributed by atoms with van der Waals surface area (Å²) in [7, 11) is 0. The molecule has 1 atom stereocenters. The van der Waals surface area contributed by atoms with E-state index >= 15 is 0 Å². The van der Waals surface area contributed by atoms with Gasteiger partial charge in [0.2, 0.25) is 5.89 Å². The Balaban J connectivity index is 1.44. The molecule has 1 unspecified atom stereocenters. The first-order valence-corrected chi connectivity index (χ1v) is 10.1. The van der Waals surface area contributed by atoms with Crippen molar-refractivity contribution < 1.29 is 18.7 Å². The van der Waals surface area contributed by atoms with Crippen LogP contribution in [0.4, 0.5) is 0 Å². The molecule has 31 heavy (non-hydrogen) atoms. The van der Waals surface area contributed by atoms with E-state index in [2.05, 4.69) is 10.3 Å². The smallest absolute Gasteiger partial charge is 0.308 e. The summed E-state index contributed by atoms with van der Waals surface area (Å²) in [6, 6.07) is 22.7. The minimum atomic E-state index is -0.582. The third-order valence-electron chi connectivity index (χ3n) is 4.69. The van der Waals surface area contributed by atoms with Gasteiger partial charge in [-0.05, 0) is 29.8 Å². The number of esters is 1. The van der Waals surface area contributed by atoms with Gasteiger partial charge in [-0.1, -0.05) is 66.2 Å². The first kappa shape index (κ1) is 20.6. The summed E-state index contributed by atoms with van der Waals surface area (Å²) in [6.45, 7) is -0.0898. The Morgan fingerprint density at radius 2 is 1.68 bits per heavy atom. The molecule has 1 heterocycles. The Morgan fingerprint density at radius 1 is 0.968 bits per heavy atom. The van der Waals surface area contributed by atoms with Crippen LogP contribution >= 0.6 is 11.6 Å². The summed E-state index contributed by atoms with van der Waals surface area (Å²) in [6.07, 6.45) is -0.0551. The van der Waals surface area contributed by atoms with Crippen LogP contribution in [-0.2, 0) is 16.1 Å². The Kier molecular flexibility index (Phi) is 6.29. The second-order valence-electron chi connectivity index (χ2n) is 6.86. The molecular formula is C24H19ClN2O4. The molecule has 4 aromatic rings. The molecule has 156 valence electrons. The number of carbonyl (C=O) groups is 2. The van der Waals surface area contributed by atoms with E-state index in [0.717, 1.165) is 5.56 Å². The quantitative estimate of drug-likeness (QED) is 0.410. The zero-order chi connectivity index (χ0) is 21.6. The molecule has 0 aliphatic carbocycles. The average molecular weight is 435 g/mol. The van der Waals surface area contributed by atoms with Crippen molar-refractivity contribution in [3.63, 3.8) is 0 Å². The fourth-order valence-electron chi connectivity index (χ4n) is 3.17. The fraction of sp³-hybridized carbons (Fsp3) is 0.125. The molecule has 0 radical (unpaired) electrons. The highest BCUT2D eigenvalue weighted by Crippen LogP contribution is 2.21. The van der Waals surface area contributed by atoms with E-state index in [4.69, 9.17) is 20.8 Å². The number of halogens is 1. The second kappa shape index (κ2) is 9.45. The molecule has 0 saturated carbocycles. The van der Waals surface area contributed by atoms with Crippen LogP contribution in [0.2, 0.25) is 5.02 Å². The van der Waals surface area contributed by atoms with E-state index in [1.807, 2.05) is 48.5 Å². The lowest BCUT2D eigenvalue weighted by Gasteiger charge is -2.19. The van der Waals surface area contributed by atoms with E-state index in [1.165, 1.54) is 0 Å². The molecule has 1 amide bonds. The molecule has 0 bridgehead atoms. The number of oxazole rings is 1. The van der Waals surface area contributed by atoms with Gasteiger partial charge in [0.15, 0.2) is 12.2 Å². The summed E-state index contributed by atoms with van der Waals surface area (Å²) in [5.41, 5.74) is 2.44. The summed E-state index contributed by atoms with van der Waals surface area (Å²) in [5, 5.41) is 3.22. The molecule has 4 rings (SSSR count). The van der Waals surface area contributed by atoms with Crippen molar-refractivity contribution in [1.29, 1.82) is 0 Å². The highest BCUT2D eigenvalue weighted by molar-refractivity contribution is 6.33. The molecule has 0 spiro atoms. The standard InChI is InChI=1S/C24H19ClN2O4/c25-18-11-5-4-10-17(18)24(29)27-20(16-8-2-1-3-9-16)14-23(28)30-15-22-26-19-12-6-7-13-21(19)31-22/h1-13,20H,14-15H2,(H,27,29). The third kappa shape index (κ3) is 5.10. The predicted molar refractivity (Wildman–Crippen MR) is 117 cm³/mol. The van der Waals surface area contributed by atoms with Crippen molar-refractivity contribution in [3.8, 4) is 0 Å². The largest absolute Gasteiger partial charge is 0.456 e. The maximum absolute atomic E-state index is 12.7. The van der Waals surface area contributed by atoms with Gasteiger partial charge in [-0.3, -0.25) is 9.59 Å². The molecule has 1 N–H and O–H groups in total.